The van der Waals surface area contributed by atoms with Crippen molar-refractivity contribution in [3.8, 4) is 0 Å². The highest BCUT2D eigenvalue weighted by atomic mass is 32.2. The third-order valence-corrected chi connectivity index (χ3v) is 2.94. The molecule has 0 aliphatic carbocycles. The van der Waals surface area contributed by atoms with Crippen LogP contribution in [0, 0.1) is 0 Å². The smallest absolute Gasteiger partial charge is 0.119 e. The van der Waals surface area contributed by atoms with Gasteiger partial charge in [-0.2, -0.15) is 0 Å². The molecule has 1 aromatic rings. The van der Waals surface area contributed by atoms with Crippen LogP contribution >= 0.6 is 11.8 Å². The van der Waals surface area contributed by atoms with Gasteiger partial charge in [0.2, 0.25) is 0 Å². The first kappa shape index (κ1) is 11.3. The van der Waals surface area contributed by atoms with Crippen LogP contribution in [0.1, 0.15) is 24.8 Å². The molecule has 76 valence electrons. The maximum Gasteiger partial charge on any atom is 0.119 e. The van der Waals surface area contributed by atoms with E-state index in [1.54, 1.807) is 11.8 Å². The van der Waals surface area contributed by atoms with Gasteiger partial charge in [0.1, 0.15) is 6.29 Å². The maximum atomic E-state index is 10.1. The Morgan fingerprint density at radius 1 is 1.21 bits per heavy atom. The summed E-state index contributed by atoms with van der Waals surface area (Å²) in [4.78, 5) is 11.4. The van der Waals surface area contributed by atoms with Crippen LogP contribution in [-0.4, -0.2) is 12.5 Å². The molecule has 14 heavy (non-hydrogen) atoms. The number of aryl methyl sites for hydroxylation is 1. The summed E-state index contributed by atoms with van der Waals surface area (Å²) in [6.45, 7) is 0. The van der Waals surface area contributed by atoms with E-state index in [0.29, 0.717) is 6.42 Å². The lowest BCUT2D eigenvalue weighted by atomic mass is 10.1. The third-order valence-electron chi connectivity index (χ3n) is 2.20. The molecule has 0 aliphatic heterocycles. The van der Waals surface area contributed by atoms with Gasteiger partial charge in [0.05, 0.1) is 0 Å². The Morgan fingerprint density at radius 3 is 2.50 bits per heavy atom. The van der Waals surface area contributed by atoms with Crippen LogP contribution in [0.2, 0.25) is 0 Å². The number of aldehydes is 1. The van der Waals surface area contributed by atoms with Crippen molar-refractivity contribution in [2.45, 2.75) is 30.6 Å². The second-order valence-corrected chi connectivity index (χ2v) is 4.14. The van der Waals surface area contributed by atoms with E-state index in [4.69, 9.17) is 0 Å². The molecule has 0 atom stereocenters. The van der Waals surface area contributed by atoms with Crippen LogP contribution in [-0.2, 0) is 11.2 Å². The summed E-state index contributed by atoms with van der Waals surface area (Å²) in [7, 11) is 0. The minimum atomic E-state index is 0.697. The number of hydrogen-bond donors (Lipinski definition) is 0. The highest BCUT2D eigenvalue weighted by Crippen LogP contribution is 2.15. The molecular weight excluding hydrogens is 192 g/mol. The molecule has 1 aromatic carbocycles. The van der Waals surface area contributed by atoms with Gasteiger partial charge in [-0.05, 0) is 43.2 Å². The molecule has 0 unspecified atom stereocenters. The molecule has 0 bridgehead atoms. The fraction of sp³-hybridized carbons (Fsp3) is 0.417. The van der Waals surface area contributed by atoms with Gasteiger partial charge < -0.3 is 4.79 Å². The van der Waals surface area contributed by atoms with Crippen molar-refractivity contribution < 1.29 is 4.79 Å². The average molecular weight is 208 g/mol. The lowest BCUT2D eigenvalue weighted by Gasteiger charge is -2.01. The summed E-state index contributed by atoms with van der Waals surface area (Å²) in [5.41, 5.74) is 1.37. The summed E-state index contributed by atoms with van der Waals surface area (Å²) in [6, 6.07) is 8.65. The lowest BCUT2D eigenvalue weighted by Crippen LogP contribution is -1.86. The summed E-state index contributed by atoms with van der Waals surface area (Å²) < 4.78 is 0. The molecule has 2 heteroatoms. The van der Waals surface area contributed by atoms with Crippen LogP contribution in [0.5, 0.6) is 0 Å². The second-order valence-electron chi connectivity index (χ2n) is 3.26. The number of hydrogen-bond acceptors (Lipinski definition) is 2. The van der Waals surface area contributed by atoms with E-state index in [2.05, 4.69) is 30.5 Å². The first-order chi connectivity index (χ1) is 6.86. The van der Waals surface area contributed by atoms with E-state index in [-0.39, 0.29) is 0 Å². The van der Waals surface area contributed by atoms with Crippen LogP contribution in [0.25, 0.3) is 0 Å². The molecule has 0 spiro atoms. The first-order valence-electron chi connectivity index (χ1n) is 4.93. The third kappa shape index (κ3) is 3.97. The quantitative estimate of drug-likeness (QED) is 0.405. The molecule has 1 rings (SSSR count). The van der Waals surface area contributed by atoms with E-state index < -0.39 is 0 Å². The number of carbonyl (C=O) groups excluding carboxylic acids is 1. The zero-order valence-corrected chi connectivity index (χ0v) is 9.35. The van der Waals surface area contributed by atoms with E-state index in [0.717, 1.165) is 25.5 Å². The van der Waals surface area contributed by atoms with Crippen molar-refractivity contribution in [2.75, 3.05) is 6.26 Å². The van der Waals surface area contributed by atoms with Crippen molar-refractivity contribution in [3.63, 3.8) is 0 Å². The van der Waals surface area contributed by atoms with Crippen molar-refractivity contribution in [1.82, 2.24) is 0 Å². The van der Waals surface area contributed by atoms with E-state index >= 15 is 0 Å². The van der Waals surface area contributed by atoms with Crippen molar-refractivity contribution in [2.24, 2.45) is 0 Å². The molecular formula is C12H16OS. The van der Waals surface area contributed by atoms with Gasteiger partial charge >= 0.3 is 0 Å². The standard InChI is InChI=1S/C12H16OS/c1-14-12-8-6-11(7-9-12)5-3-2-4-10-13/h6-10H,2-5H2,1H3. The number of carbonyl (C=O) groups is 1. The zero-order chi connectivity index (χ0) is 10.2. The van der Waals surface area contributed by atoms with Gasteiger partial charge in [0.15, 0.2) is 0 Å². The molecule has 0 saturated carbocycles. The van der Waals surface area contributed by atoms with Crippen LogP contribution < -0.4 is 0 Å². The zero-order valence-electron chi connectivity index (χ0n) is 8.53. The van der Waals surface area contributed by atoms with Gasteiger partial charge in [-0.3, -0.25) is 0 Å². The Kier molecular flexibility index (Phi) is 5.38. The monoisotopic (exact) mass is 208 g/mol. The number of unbranched alkanes of at least 4 members (excludes halogenated alkanes) is 2. The Hall–Kier alpha value is -0.760. The van der Waals surface area contributed by atoms with E-state index in [1.165, 1.54) is 10.5 Å². The minimum absolute atomic E-state index is 0.697. The normalized spacial score (nSPS) is 10.1. The molecule has 0 N–H and O–H groups in total. The predicted molar refractivity (Wildman–Crippen MR) is 61.8 cm³/mol. The van der Waals surface area contributed by atoms with Gasteiger partial charge in [0, 0.05) is 11.3 Å². The molecule has 0 aliphatic rings. The van der Waals surface area contributed by atoms with Crippen LogP contribution in [0.3, 0.4) is 0 Å². The number of rotatable bonds is 6. The van der Waals surface area contributed by atoms with Gasteiger partial charge in [-0.15, -0.1) is 11.8 Å². The Morgan fingerprint density at radius 2 is 1.93 bits per heavy atom. The second kappa shape index (κ2) is 6.66. The minimum Gasteiger partial charge on any atom is -0.303 e. The van der Waals surface area contributed by atoms with Crippen molar-refractivity contribution >= 4 is 18.0 Å². The molecule has 1 nitrogen and oxygen atoms in total. The van der Waals surface area contributed by atoms with Gasteiger partial charge in [-0.1, -0.05) is 12.1 Å². The topological polar surface area (TPSA) is 17.1 Å². The van der Waals surface area contributed by atoms with E-state index in [9.17, 15) is 4.79 Å². The fourth-order valence-corrected chi connectivity index (χ4v) is 1.76. The highest BCUT2D eigenvalue weighted by Gasteiger charge is 1.94. The highest BCUT2D eigenvalue weighted by molar-refractivity contribution is 7.98. The van der Waals surface area contributed by atoms with Crippen molar-refractivity contribution in [1.29, 1.82) is 0 Å². The van der Waals surface area contributed by atoms with Crippen LogP contribution in [0.4, 0.5) is 0 Å². The molecule has 0 amide bonds. The van der Waals surface area contributed by atoms with Gasteiger partial charge in [-0.25, -0.2) is 0 Å². The number of benzene rings is 1. The van der Waals surface area contributed by atoms with Crippen molar-refractivity contribution in [3.05, 3.63) is 29.8 Å². The fourth-order valence-electron chi connectivity index (χ4n) is 1.35. The average Bonchev–Trinajstić information content (AvgIpc) is 2.25. The molecule has 0 aromatic heterocycles. The molecule has 0 heterocycles. The van der Waals surface area contributed by atoms with Gasteiger partial charge in [0.25, 0.3) is 0 Å². The first-order valence-corrected chi connectivity index (χ1v) is 6.16. The van der Waals surface area contributed by atoms with E-state index in [1.807, 2.05) is 0 Å². The molecule has 0 saturated heterocycles. The Balaban J connectivity index is 2.32. The largest absolute Gasteiger partial charge is 0.303 e. The SMILES string of the molecule is CSc1ccc(CCCCC=O)cc1. The lowest BCUT2D eigenvalue weighted by molar-refractivity contribution is -0.107. The Labute approximate surface area is 89.9 Å². The molecule has 0 fully saturated rings. The summed E-state index contributed by atoms with van der Waals surface area (Å²) >= 11 is 1.76. The summed E-state index contributed by atoms with van der Waals surface area (Å²) in [6.07, 6.45) is 6.98. The Bertz CT molecular complexity index is 266. The summed E-state index contributed by atoms with van der Waals surface area (Å²) in [5.74, 6) is 0. The predicted octanol–water partition coefficient (Wildman–Crippen LogP) is 3.32. The van der Waals surface area contributed by atoms with Crippen LogP contribution in [0.15, 0.2) is 29.2 Å². The maximum absolute atomic E-state index is 10.1. The number of thioether (sulfide) groups is 1. The summed E-state index contributed by atoms with van der Waals surface area (Å²) in [5, 5.41) is 0. The molecule has 0 radical (unpaired) electrons.